The number of rotatable bonds is 3. The Balaban J connectivity index is 2.74. The molecule has 2 heteroatoms. The van der Waals surface area contributed by atoms with E-state index in [0.717, 1.165) is 12.0 Å². The average molecular weight is 239 g/mol. The molecule has 0 amide bonds. The van der Waals surface area contributed by atoms with E-state index in [9.17, 15) is 4.79 Å². The third-order valence-corrected chi connectivity index (χ3v) is 2.84. The number of carbonyl (C=O) groups is 1. The second-order valence-corrected chi connectivity index (χ2v) is 5.87. The Bertz CT molecular complexity index is 388. The molecule has 0 spiro atoms. The molecule has 0 aromatic heterocycles. The van der Waals surface area contributed by atoms with E-state index in [4.69, 9.17) is 11.6 Å². The first-order valence-corrected chi connectivity index (χ1v) is 5.97. The van der Waals surface area contributed by atoms with Crippen molar-refractivity contribution in [3.63, 3.8) is 0 Å². The van der Waals surface area contributed by atoms with E-state index in [1.807, 2.05) is 25.1 Å². The van der Waals surface area contributed by atoms with Crippen molar-refractivity contribution in [2.75, 3.05) is 0 Å². The van der Waals surface area contributed by atoms with Crippen LogP contribution in [0, 0.1) is 12.3 Å². The van der Waals surface area contributed by atoms with Crippen LogP contribution < -0.4 is 0 Å². The normalized spacial score (nSPS) is 11.6. The van der Waals surface area contributed by atoms with Gasteiger partial charge in [0, 0.05) is 12.0 Å². The van der Waals surface area contributed by atoms with E-state index < -0.39 is 0 Å². The van der Waals surface area contributed by atoms with Crippen molar-refractivity contribution in [2.45, 2.75) is 40.5 Å². The molecular formula is C14H19ClO. The van der Waals surface area contributed by atoms with E-state index in [-0.39, 0.29) is 11.2 Å². The molecule has 0 fully saturated rings. The van der Waals surface area contributed by atoms with Gasteiger partial charge in [0.05, 0.1) is 5.02 Å². The van der Waals surface area contributed by atoms with Gasteiger partial charge in [-0.3, -0.25) is 4.79 Å². The molecule has 88 valence electrons. The summed E-state index contributed by atoms with van der Waals surface area (Å²) in [4.78, 5) is 11.9. The van der Waals surface area contributed by atoms with Crippen LogP contribution in [0.15, 0.2) is 18.2 Å². The Hall–Kier alpha value is -0.820. The first-order chi connectivity index (χ1) is 7.29. The summed E-state index contributed by atoms with van der Waals surface area (Å²) in [6, 6.07) is 5.59. The molecule has 0 aliphatic heterocycles. The van der Waals surface area contributed by atoms with Crippen molar-refractivity contribution in [1.82, 2.24) is 0 Å². The SMILES string of the molecule is Cc1ccc(C(=O)CCC(C)(C)C)c(Cl)c1. The summed E-state index contributed by atoms with van der Waals surface area (Å²) < 4.78 is 0. The molecule has 1 nitrogen and oxygen atoms in total. The highest BCUT2D eigenvalue weighted by Crippen LogP contribution is 2.24. The lowest BCUT2D eigenvalue weighted by molar-refractivity contribution is 0.0966. The number of aryl methyl sites for hydroxylation is 1. The maximum Gasteiger partial charge on any atom is 0.164 e. The summed E-state index contributed by atoms with van der Waals surface area (Å²) in [6.45, 7) is 8.38. The van der Waals surface area contributed by atoms with Gasteiger partial charge in [0.1, 0.15) is 0 Å². The predicted molar refractivity (Wildman–Crippen MR) is 69.2 cm³/mol. The first kappa shape index (κ1) is 13.2. The number of hydrogen-bond acceptors (Lipinski definition) is 1. The minimum absolute atomic E-state index is 0.139. The zero-order chi connectivity index (χ0) is 12.3. The molecule has 0 atom stereocenters. The van der Waals surface area contributed by atoms with Gasteiger partial charge in [-0.1, -0.05) is 38.4 Å². The van der Waals surface area contributed by atoms with Gasteiger partial charge in [-0.2, -0.15) is 0 Å². The molecule has 0 radical (unpaired) electrons. The molecule has 1 aromatic rings. The van der Waals surface area contributed by atoms with Crippen molar-refractivity contribution < 1.29 is 4.79 Å². The van der Waals surface area contributed by atoms with Gasteiger partial charge in [-0.25, -0.2) is 0 Å². The topological polar surface area (TPSA) is 17.1 Å². The third-order valence-electron chi connectivity index (χ3n) is 2.53. The molecule has 0 aliphatic rings. The summed E-state index contributed by atoms with van der Waals surface area (Å²) in [5.41, 5.74) is 1.92. The molecule has 16 heavy (non-hydrogen) atoms. The van der Waals surface area contributed by atoms with Crippen LogP contribution in [-0.2, 0) is 0 Å². The summed E-state index contributed by atoms with van der Waals surface area (Å²) in [7, 11) is 0. The Labute approximate surface area is 103 Å². The number of Topliss-reactive ketones (excluding diaryl/α,β-unsaturated/α-hetero) is 1. The lowest BCUT2D eigenvalue weighted by Crippen LogP contribution is -2.09. The Morgan fingerprint density at radius 3 is 2.44 bits per heavy atom. The smallest absolute Gasteiger partial charge is 0.164 e. The summed E-state index contributed by atoms with van der Waals surface area (Å²) in [5.74, 6) is 0.139. The maximum atomic E-state index is 11.9. The monoisotopic (exact) mass is 238 g/mol. The van der Waals surface area contributed by atoms with E-state index in [2.05, 4.69) is 20.8 Å². The van der Waals surface area contributed by atoms with Gasteiger partial charge >= 0.3 is 0 Å². The molecule has 1 rings (SSSR count). The molecular weight excluding hydrogens is 220 g/mol. The van der Waals surface area contributed by atoms with Crippen molar-refractivity contribution in [1.29, 1.82) is 0 Å². The first-order valence-electron chi connectivity index (χ1n) is 5.59. The Kier molecular flexibility index (Phi) is 4.15. The van der Waals surface area contributed by atoms with Crippen LogP contribution in [0.5, 0.6) is 0 Å². The summed E-state index contributed by atoms with van der Waals surface area (Å²) >= 11 is 6.05. The van der Waals surface area contributed by atoms with Gasteiger partial charge in [-0.05, 0) is 36.5 Å². The fourth-order valence-electron chi connectivity index (χ4n) is 1.47. The van der Waals surface area contributed by atoms with Gasteiger partial charge in [0.2, 0.25) is 0 Å². The zero-order valence-corrected chi connectivity index (χ0v) is 11.2. The van der Waals surface area contributed by atoms with E-state index in [1.165, 1.54) is 0 Å². The lowest BCUT2D eigenvalue weighted by atomic mass is 9.88. The van der Waals surface area contributed by atoms with E-state index in [0.29, 0.717) is 17.0 Å². The van der Waals surface area contributed by atoms with Crippen LogP contribution in [0.3, 0.4) is 0 Å². The second kappa shape index (κ2) is 5.01. The minimum atomic E-state index is 0.139. The summed E-state index contributed by atoms with van der Waals surface area (Å²) in [5, 5.41) is 0.568. The zero-order valence-electron chi connectivity index (χ0n) is 10.4. The van der Waals surface area contributed by atoms with Crippen molar-refractivity contribution in [2.24, 2.45) is 5.41 Å². The second-order valence-electron chi connectivity index (χ2n) is 5.47. The molecule has 0 heterocycles. The molecule has 0 aliphatic carbocycles. The van der Waals surface area contributed by atoms with Crippen LogP contribution >= 0.6 is 11.6 Å². The van der Waals surface area contributed by atoms with E-state index in [1.54, 1.807) is 0 Å². The fraction of sp³-hybridized carbons (Fsp3) is 0.500. The molecule has 1 aromatic carbocycles. The number of hydrogen-bond donors (Lipinski definition) is 0. The van der Waals surface area contributed by atoms with Gasteiger partial charge < -0.3 is 0 Å². The van der Waals surface area contributed by atoms with Crippen molar-refractivity contribution in [3.05, 3.63) is 34.3 Å². The minimum Gasteiger partial charge on any atom is -0.294 e. The number of carbonyl (C=O) groups excluding carboxylic acids is 1. The van der Waals surface area contributed by atoms with E-state index >= 15 is 0 Å². The van der Waals surface area contributed by atoms with Gasteiger partial charge in [0.25, 0.3) is 0 Å². The highest BCUT2D eigenvalue weighted by Gasteiger charge is 2.15. The quantitative estimate of drug-likeness (QED) is 0.700. The lowest BCUT2D eigenvalue weighted by Gasteiger charge is -2.17. The largest absolute Gasteiger partial charge is 0.294 e. The van der Waals surface area contributed by atoms with Crippen LogP contribution in [-0.4, -0.2) is 5.78 Å². The molecule has 0 saturated carbocycles. The van der Waals surface area contributed by atoms with Gasteiger partial charge in [-0.15, -0.1) is 0 Å². The summed E-state index contributed by atoms with van der Waals surface area (Å²) in [6.07, 6.45) is 1.45. The molecule has 0 unspecified atom stereocenters. The van der Waals surface area contributed by atoms with Gasteiger partial charge in [0.15, 0.2) is 5.78 Å². The number of benzene rings is 1. The Morgan fingerprint density at radius 2 is 1.94 bits per heavy atom. The highest BCUT2D eigenvalue weighted by molar-refractivity contribution is 6.34. The van der Waals surface area contributed by atoms with Crippen LogP contribution in [0.4, 0.5) is 0 Å². The number of halogens is 1. The van der Waals surface area contributed by atoms with Crippen LogP contribution in [0.1, 0.15) is 49.5 Å². The van der Waals surface area contributed by atoms with Crippen molar-refractivity contribution >= 4 is 17.4 Å². The third kappa shape index (κ3) is 3.97. The average Bonchev–Trinajstić information content (AvgIpc) is 2.13. The number of ketones is 1. The van der Waals surface area contributed by atoms with Crippen LogP contribution in [0.25, 0.3) is 0 Å². The van der Waals surface area contributed by atoms with Crippen molar-refractivity contribution in [3.8, 4) is 0 Å². The predicted octanol–water partition coefficient (Wildman–Crippen LogP) is 4.66. The fourth-order valence-corrected chi connectivity index (χ4v) is 1.81. The molecule has 0 bridgehead atoms. The van der Waals surface area contributed by atoms with Crippen LogP contribution in [0.2, 0.25) is 5.02 Å². The molecule has 0 N–H and O–H groups in total. The Morgan fingerprint density at radius 1 is 1.31 bits per heavy atom. The standard InChI is InChI=1S/C14H19ClO/c1-10-5-6-11(12(15)9-10)13(16)7-8-14(2,3)4/h5-6,9H,7-8H2,1-4H3. The molecule has 0 saturated heterocycles. The highest BCUT2D eigenvalue weighted by atomic mass is 35.5. The maximum absolute atomic E-state index is 11.9.